The van der Waals surface area contributed by atoms with Gasteiger partial charge < -0.3 is 4.52 Å². The van der Waals surface area contributed by atoms with Crippen LogP contribution in [0.25, 0.3) is 0 Å². The molecular formula is C25H31N3O3S. The summed E-state index contributed by atoms with van der Waals surface area (Å²) in [5.74, 6) is 0.823. The molecule has 1 aliphatic rings. The van der Waals surface area contributed by atoms with E-state index in [1.165, 1.54) is 16.7 Å². The minimum Gasteiger partial charge on any atom is -0.359 e. The molecule has 0 bridgehead atoms. The van der Waals surface area contributed by atoms with E-state index in [9.17, 15) is 8.42 Å². The molecule has 0 aliphatic carbocycles. The maximum atomic E-state index is 13.0. The number of aromatic nitrogens is 1. The van der Waals surface area contributed by atoms with Crippen LogP contribution < -0.4 is 4.72 Å². The van der Waals surface area contributed by atoms with Crippen molar-refractivity contribution in [3.05, 3.63) is 76.5 Å². The molecule has 170 valence electrons. The van der Waals surface area contributed by atoms with Crippen molar-refractivity contribution >= 4 is 15.8 Å². The van der Waals surface area contributed by atoms with Crippen LogP contribution in [0.3, 0.4) is 0 Å². The third-order valence-electron chi connectivity index (χ3n) is 6.09. The van der Waals surface area contributed by atoms with Crippen LogP contribution in [0.2, 0.25) is 0 Å². The lowest BCUT2D eigenvalue weighted by molar-refractivity contribution is 0.192. The van der Waals surface area contributed by atoms with Crippen molar-refractivity contribution in [2.75, 3.05) is 11.3 Å². The van der Waals surface area contributed by atoms with Crippen molar-refractivity contribution in [3.63, 3.8) is 0 Å². The molecule has 2 aromatic carbocycles. The summed E-state index contributed by atoms with van der Waals surface area (Å²) in [6.07, 6.45) is 0.900. The number of nitrogens with zero attached hydrogens (tertiary/aromatic N) is 2. The van der Waals surface area contributed by atoms with E-state index in [2.05, 4.69) is 52.9 Å². The Bertz CT molecular complexity index is 1230. The summed E-state index contributed by atoms with van der Waals surface area (Å²) in [7, 11) is -3.77. The Morgan fingerprint density at radius 1 is 1.09 bits per heavy atom. The van der Waals surface area contributed by atoms with Gasteiger partial charge in [0.05, 0.1) is 4.90 Å². The third-order valence-corrected chi connectivity index (χ3v) is 7.44. The number of fused-ring (bicyclic) bond motifs is 1. The molecular weight excluding hydrogens is 422 g/mol. The molecule has 1 atom stereocenters. The predicted molar refractivity (Wildman–Crippen MR) is 126 cm³/mol. The second-order valence-electron chi connectivity index (χ2n) is 9.67. The van der Waals surface area contributed by atoms with Gasteiger partial charge in [-0.1, -0.05) is 61.8 Å². The summed E-state index contributed by atoms with van der Waals surface area (Å²) in [6, 6.07) is 15.9. The molecule has 0 fully saturated rings. The Balaban J connectivity index is 1.54. The van der Waals surface area contributed by atoms with E-state index in [-0.39, 0.29) is 22.2 Å². The average Bonchev–Trinajstić information content (AvgIpc) is 3.21. The lowest BCUT2D eigenvalue weighted by atomic mass is 9.93. The molecule has 3 aromatic rings. The number of aryl methyl sites for hydroxylation is 1. The second kappa shape index (κ2) is 8.37. The molecule has 1 N–H and O–H groups in total. The van der Waals surface area contributed by atoms with Crippen molar-refractivity contribution in [1.82, 2.24) is 10.1 Å². The fourth-order valence-electron chi connectivity index (χ4n) is 4.07. The lowest BCUT2D eigenvalue weighted by Crippen LogP contribution is -2.33. The van der Waals surface area contributed by atoms with Gasteiger partial charge in [-0.25, -0.2) is 8.42 Å². The van der Waals surface area contributed by atoms with Crippen molar-refractivity contribution in [2.45, 2.75) is 63.9 Å². The molecule has 2 heterocycles. The van der Waals surface area contributed by atoms with E-state index in [0.717, 1.165) is 18.5 Å². The van der Waals surface area contributed by atoms with E-state index >= 15 is 0 Å². The standard InChI is InChI=1S/C25H31N3O3S/c1-17-7-6-8-20(13-17)18(2)28-12-11-19-9-10-22(14-21(19)16-28)32(29,30)27-24-15-23(31-26-24)25(3,4)5/h6-10,13-15,18H,11-12,16H2,1-5H3,(H,26,27)/t18-/m1/s1. The lowest BCUT2D eigenvalue weighted by Gasteiger charge is -2.34. The van der Waals surface area contributed by atoms with Crippen LogP contribution in [0.15, 0.2) is 57.9 Å². The quantitative estimate of drug-likeness (QED) is 0.575. The first-order chi connectivity index (χ1) is 15.0. The maximum Gasteiger partial charge on any atom is 0.263 e. The highest BCUT2D eigenvalue weighted by Crippen LogP contribution is 2.30. The summed E-state index contributed by atoms with van der Waals surface area (Å²) in [6.45, 7) is 11.9. The molecule has 0 saturated heterocycles. The maximum absolute atomic E-state index is 13.0. The molecule has 0 amide bonds. The van der Waals surface area contributed by atoms with Crippen LogP contribution in [0.5, 0.6) is 0 Å². The van der Waals surface area contributed by atoms with E-state index < -0.39 is 10.0 Å². The van der Waals surface area contributed by atoms with E-state index in [1.807, 2.05) is 26.8 Å². The van der Waals surface area contributed by atoms with Crippen LogP contribution in [0, 0.1) is 6.92 Å². The molecule has 4 rings (SSSR count). The van der Waals surface area contributed by atoms with Crippen molar-refractivity contribution < 1.29 is 12.9 Å². The molecule has 0 radical (unpaired) electrons. The fraction of sp³-hybridized carbons (Fsp3) is 0.400. The monoisotopic (exact) mass is 453 g/mol. The van der Waals surface area contributed by atoms with E-state index in [1.54, 1.807) is 18.2 Å². The Labute approximate surface area is 190 Å². The van der Waals surface area contributed by atoms with E-state index in [0.29, 0.717) is 12.3 Å². The first-order valence-corrected chi connectivity index (χ1v) is 12.4. The summed E-state index contributed by atoms with van der Waals surface area (Å²) >= 11 is 0. The first-order valence-electron chi connectivity index (χ1n) is 11.0. The van der Waals surface area contributed by atoms with Gasteiger partial charge in [0.25, 0.3) is 10.0 Å². The predicted octanol–water partition coefficient (Wildman–Crippen LogP) is 5.20. The van der Waals surface area contributed by atoms with Gasteiger partial charge in [0.15, 0.2) is 5.82 Å². The Morgan fingerprint density at radius 3 is 2.56 bits per heavy atom. The number of benzene rings is 2. The fourth-order valence-corrected chi connectivity index (χ4v) is 5.10. The van der Waals surface area contributed by atoms with Crippen LogP contribution in [-0.2, 0) is 28.4 Å². The largest absolute Gasteiger partial charge is 0.359 e. The van der Waals surface area contributed by atoms with Gasteiger partial charge in [-0.2, -0.15) is 0 Å². The van der Waals surface area contributed by atoms with Gasteiger partial charge in [-0.3, -0.25) is 9.62 Å². The molecule has 1 aliphatic heterocycles. The minimum absolute atomic E-state index is 0.197. The number of nitrogens with one attached hydrogen (secondary N) is 1. The summed E-state index contributed by atoms with van der Waals surface area (Å²) < 4.78 is 33.9. The van der Waals surface area contributed by atoms with Crippen molar-refractivity contribution in [3.8, 4) is 0 Å². The van der Waals surface area contributed by atoms with Gasteiger partial charge in [0.2, 0.25) is 0 Å². The molecule has 6 nitrogen and oxygen atoms in total. The number of rotatable bonds is 5. The second-order valence-corrected chi connectivity index (χ2v) is 11.4. The van der Waals surface area contributed by atoms with Crippen LogP contribution in [0.4, 0.5) is 5.82 Å². The summed E-state index contributed by atoms with van der Waals surface area (Å²) in [5.41, 5.74) is 4.52. The number of anilines is 1. The first kappa shape index (κ1) is 22.6. The molecule has 0 unspecified atom stereocenters. The van der Waals surface area contributed by atoms with Gasteiger partial charge in [0, 0.05) is 30.6 Å². The average molecular weight is 454 g/mol. The van der Waals surface area contributed by atoms with Crippen LogP contribution in [0.1, 0.15) is 61.8 Å². The van der Waals surface area contributed by atoms with Gasteiger partial charge in [-0.15, -0.1) is 0 Å². The van der Waals surface area contributed by atoms with Crippen molar-refractivity contribution in [1.29, 1.82) is 0 Å². The molecule has 7 heteroatoms. The number of hydrogen-bond donors (Lipinski definition) is 1. The third kappa shape index (κ3) is 4.74. The Hall–Kier alpha value is -2.64. The Kier molecular flexibility index (Phi) is 5.90. The normalized spacial score (nSPS) is 15.9. The van der Waals surface area contributed by atoms with Crippen molar-refractivity contribution in [2.24, 2.45) is 0 Å². The molecule has 0 spiro atoms. The minimum atomic E-state index is -3.77. The SMILES string of the molecule is Cc1cccc([C@@H](C)N2CCc3ccc(S(=O)(=O)Nc4cc(C(C)(C)C)on4)cc3C2)c1. The van der Waals surface area contributed by atoms with Crippen LogP contribution in [-0.4, -0.2) is 25.0 Å². The topological polar surface area (TPSA) is 75.4 Å². The molecule has 0 saturated carbocycles. The highest BCUT2D eigenvalue weighted by molar-refractivity contribution is 7.92. The van der Waals surface area contributed by atoms with Gasteiger partial charge >= 0.3 is 0 Å². The zero-order valence-corrected chi connectivity index (χ0v) is 20.2. The number of hydrogen-bond acceptors (Lipinski definition) is 5. The van der Waals surface area contributed by atoms with E-state index in [4.69, 9.17) is 4.52 Å². The Morgan fingerprint density at radius 2 is 1.88 bits per heavy atom. The zero-order valence-electron chi connectivity index (χ0n) is 19.3. The molecule has 1 aromatic heterocycles. The van der Waals surface area contributed by atoms with Gasteiger partial charge in [0.1, 0.15) is 5.76 Å². The van der Waals surface area contributed by atoms with Crippen LogP contribution >= 0.6 is 0 Å². The smallest absolute Gasteiger partial charge is 0.263 e. The highest BCUT2D eigenvalue weighted by Gasteiger charge is 2.26. The highest BCUT2D eigenvalue weighted by atomic mass is 32.2. The summed E-state index contributed by atoms with van der Waals surface area (Å²) in [4.78, 5) is 2.63. The van der Waals surface area contributed by atoms with Gasteiger partial charge in [-0.05, 0) is 49.1 Å². The zero-order chi connectivity index (χ0) is 23.1. The molecule has 32 heavy (non-hydrogen) atoms. The number of sulfonamides is 1. The summed E-state index contributed by atoms with van der Waals surface area (Å²) in [5, 5.41) is 3.88.